The lowest BCUT2D eigenvalue weighted by Gasteiger charge is -2.34. The van der Waals surface area contributed by atoms with Gasteiger partial charge in [-0.3, -0.25) is 0 Å². The zero-order valence-electron chi connectivity index (χ0n) is 26.8. The molecule has 0 aliphatic rings. The van der Waals surface area contributed by atoms with E-state index in [0.29, 0.717) is 24.3 Å². The van der Waals surface area contributed by atoms with E-state index >= 15 is 0 Å². The van der Waals surface area contributed by atoms with Crippen LogP contribution in [0.5, 0.6) is 5.75 Å². The van der Waals surface area contributed by atoms with E-state index in [0.717, 1.165) is 34.3 Å². The molecule has 0 aliphatic carbocycles. The average Bonchev–Trinajstić information content (AvgIpc) is 3.42. The summed E-state index contributed by atoms with van der Waals surface area (Å²) in [5, 5.41) is 21.0. The first-order chi connectivity index (χ1) is 20.8. The van der Waals surface area contributed by atoms with Crippen LogP contribution in [0.4, 0.5) is 5.69 Å². The third kappa shape index (κ3) is 7.27. The van der Waals surface area contributed by atoms with Crippen LogP contribution < -0.4 is 4.90 Å². The number of fused-ring (bicyclic) bond motifs is 1. The number of hydrogen-bond acceptors (Lipinski definition) is 8. The lowest BCUT2D eigenvalue weighted by atomic mass is 9.72. The minimum absolute atomic E-state index is 0.0909. The van der Waals surface area contributed by atoms with Crippen molar-refractivity contribution >= 4 is 34.7 Å². The highest BCUT2D eigenvalue weighted by Crippen LogP contribution is 2.40. The van der Waals surface area contributed by atoms with Crippen LogP contribution in [0.25, 0.3) is 22.8 Å². The Labute approximate surface area is 259 Å². The number of carbonyl (C=O) groups excluding carboxylic acids is 2. The van der Waals surface area contributed by atoms with Gasteiger partial charge in [-0.25, -0.2) is 9.59 Å². The number of nitrogens with zero attached hydrogens (tertiary/aromatic N) is 4. The lowest BCUT2D eigenvalue weighted by Crippen LogP contribution is -2.26. The molecule has 1 aromatic heterocycles. The average molecular weight is 599 g/mol. The van der Waals surface area contributed by atoms with E-state index in [-0.39, 0.29) is 22.2 Å². The smallest absolute Gasteiger partial charge is 0.345 e. The Morgan fingerprint density at radius 1 is 0.909 bits per heavy atom. The largest absolute Gasteiger partial charge is 0.505 e. The monoisotopic (exact) mass is 598 g/mol. The second kappa shape index (κ2) is 12.9. The number of carbonyl (C=O) groups is 2. The van der Waals surface area contributed by atoms with Gasteiger partial charge in [0, 0.05) is 24.3 Å². The summed E-state index contributed by atoms with van der Waals surface area (Å²) in [6.45, 7) is 14.3. The number of phenolic OH excluding ortho intramolecular Hbond substituents is 1. The summed E-state index contributed by atoms with van der Waals surface area (Å²) in [6, 6.07) is 19.2. The fourth-order valence-corrected chi connectivity index (χ4v) is 5.70. The molecule has 0 spiro atoms. The molecule has 0 amide bonds. The first-order valence-corrected chi connectivity index (χ1v) is 14.7. The van der Waals surface area contributed by atoms with Gasteiger partial charge in [0.15, 0.2) is 0 Å². The summed E-state index contributed by atoms with van der Waals surface area (Å²) in [5.41, 5.74) is 5.13. The molecule has 0 bridgehead atoms. The molecule has 9 nitrogen and oxygen atoms in total. The van der Waals surface area contributed by atoms with E-state index in [9.17, 15) is 14.7 Å². The SMILES string of the molecule is CCN(Cc1cc(C(C)(C)CC(C)(C)C)cc(-n2nc3ccccc3n2)c1O)c1ccc(C=C(C(=O)OC)C(=O)OC)cc1. The molecule has 9 heteroatoms. The fraction of sp³-hybridized carbons (Fsp3) is 0.371. The maximum atomic E-state index is 12.1. The van der Waals surface area contributed by atoms with Gasteiger partial charge in [-0.1, -0.05) is 58.9 Å². The van der Waals surface area contributed by atoms with Gasteiger partial charge in [0.1, 0.15) is 28.0 Å². The Morgan fingerprint density at radius 2 is 1.48 bits per heavy atom. The predicted octanol–water partition coefficient (Wildman–Crippen LogP) is 6.60. The maximum Gasteiger partial charge on any atom is 0.345 e. The first kappa shape index (κ1) is 32.3. The van der Waals surface area contributed by atoms with Gasteiger partial charge in [-0.15, -0.1) is 15.0 Å². The van der Waals surface area contributed by atoms with Crippen LogP contribution in [-0.4, -0.2) is 52.8 Å². The molecular formula is C35H42N4O5. The van der Waals surface area contributed by atoms with E-state index in [1.165, 1.54) is 25.1 Å². The number of aromatic nitrogens is 3. The standard InChI is InChI=1S/C35H42N4O5/c1-9-38(26-16-14-23(15-17-26)18-27(32(41)43-7)33(42)44-8)21-24-19-25(35(5,6)22-34(2,3)4)20-30(31(24)40)39-36-28-12-10-11-13-29(28)37-39/h10-20,40H,9,21-22H2,1-8H3. The normalized spacial score (nSPS) is 11.7. The number of benzene rings is 3. The number of anilines is 1. The summed E-state index contributed by atoms with van der Waals surface area (Å²) in [6.07, 6.45) is 2.38. The van der Waals surface area contributed by atoms with Crippen molar-refractivity contribution in [1.82, 2.24) is 15.0 Å². The van der Waals surface area contributed by atoms with Gasteiger partial charge >= 0.3 is 11.9 Å². The van der Waals surface area contributed by atoms with Crippen molar-refractivity contribution in [3.8, 4) is 11.4 Å². The molecule has 0 fully saturated rings. The second-order valence-electron chi connectivity index (χ2n) is 12.7. The molecule has 44 heavy (non-hydrogen) atoms. The van der Waals surface area contributed by atoms with E-state index in [2.05, 4.69) is 55.8 Å². The van der Waals surface area contributed by atoms with Crippen LogP contribution in [0.15, 0.2) is 66.2 Å². The van der Waals surface area contributed by atoms with Gasteiger partial charge in [0.05, 0.1) is 14.2 Å². The van der Waals surface area contributed by atoms with Crippen LogP contribution in [0.1, 0.15) is 64.7 Å². The van der Waals surface area contributed by atoms with Crippen LogP contribution >= 0.6 is 0 Å². The van der Waals surface area contributed by atoms with Gasteiger partial charge in [0.25, 0.3) is 0 Å². The molecular weight excluding hydrogens is 556 g/mol. The second-order valence-corrected chi connectivity index (χ2v) is 12.7. The zero-order valence-corrected chi connectivity index (χ0v) is 26.8. The molecule has 3 aromatic carbocycles. The Morgan fingerprint density at radius 3 is 1.98 bits per heavy atom. The molecule has 4 rings (SSSR count). The van der Waals surface area contributed by atoms with Crippen molar-refractivity contribution in [2.75, 3.05) is 25.7 Å². The number of methoxy groups -OCH3 is 2. The van der Waals surface area contributed by atoms with Crippen molar-refractivity contribution in [1.29, 1.82) is 0 Å². The zero-order chi connectivity index (χ0) is 32.2. The third-order valence-corrected chi connectivity index (χ3v) is 7.55. The van der Waals surface area contributed by atoms with Crippen molar-refractivity contribution < 1.29 is 24.2 Å². The first-order valence-electron chi connectivity index (χ1n) is 14.7. The Hall–Kier alpha value is -4.66. The summed E-state index contributed by atoms with van der Waals surface area (Å²) >= 11 is 0. The summed E-state index contributed by atoms with van der Waals surface area (Å²) < 4.78 is 9.47. The number of hydrogen-bond donors (Lipinski definition) is 1. The number of aromatic hydroxyl groups is 1. The molecule has 0 radical (unpaired) electrons. The highest BCUT2D eigenvalue weighted by Gasteiger charge is 2.30. The lowest BCUT2D eigenvalue weighted by molar-refractivity contribution is -0.143. The van der Waals surface area contributed by atoms with E-state index in [1.54, 1.807) is 0 Å². The van der Waals surface area contributed by atoms with Crippen LogP contribution in [0.2, 0.25) is 0 Å². The maximum absolute atomic E-state index is 12.1. The molecule has 0 atom stereocenters. The fourth-order valence-electron chi connectivity index (χ4n) is 5.70. The minimum atomic E-state index is -0.767. The number of phenols is 1. The summed E-state index contributed by atoms with van der Waals surface area (Å²) in [7, 11) is 2.43. The summed E-state index contributed by atoms with van der Waals surface area (Å²) in [5.74, 6) is -1.41. The Kier molecular flexibility index (Phi) is 9.47. The number of ether oxygens (including phenoxy) is 2. The molecule has 0 aliphatic heterocycles. The predicted molar refractivity (Wildman–Crippen MR) is 173 cm³/mol. The highest BCUT2D eigenvalue weighted by atomic mass is 16.5. The molecule has 4 aromatic rings. The Balaban J connectivity index is 1.75. The molecule has 1 heterocycles. The van der Waals surface area contributed by atoms with Crippen LogP contribution in [-0.2, 0) is 31.0 Å². The highest BCUT2D eigenvalue weighted by molar-refractivity contribution is 6.17. The minimum Gasteiger partial charge on any atom is -0.505 e. The van der Waals surface area contributed by atoms with Crippen molar-refractivity contribution in [3.63, 3.8) is 0 Å². The van der Waals surface area contributed by atoms with E-state index in [1.807, 2.05) is 61.5 Å². The van der Waals surface area contributed by atoms with Crippen molar-refractivity contribution in [2.24, 2.45) is 5.41 Å². The number of esters is 2. The van der Waals surface area contributed by atoms with Gasteiger partial charge in [0.2, 0.25) is 0 Å². The topological polar surface area (TPSA) is 107 Å². The molecule has 1 N–H and O–H groups in total. The van der Waals surface area contributed by atoms with Gasteiger partial charge in [-0.05, 0) is 77.8 Å². The van der Waals surface area contributed by atoms with Crippen molar-refractivity contribution in [3.05, 3.63) is 82.9 Å². The molecule has 0 saturated heterocycles. The molecule has 232 valence electrons. The van der Waals surface area contributed by atoms with Gasteiger partial charge < -0.3 is 19.5 Å². The molecule has 0 unspecified atom stereocenters. The van der Waals surface area contributed by atoms with Crippen LogP contribution in [0, 0.1) is 5.41 Å². The van der Waals surface area contributed by atoms with Crippen molar-refractivity contribution in [2.45, 2.75) is 59.9 Å². The quantitative estimate of drug-likeness (QED) is 0.0942. The van der Waals surface area contributed by atoms with E-state index < -0.39 is 11.9 Å². The van der Waals surface area contributed by atoms with Crippen LogP contribution in [0.3, 0.4) is 0 Å². The Bertz CT molecular complexity index is 1630. The van der Waals surface area contributed by atoms with E-state index in [4.69, 9.17) is 9.47 Å². The van der Waals surface area contributed by atoms with Gasteiger partial charge in [-0.2, -0.15) is 0 Å². The third-order valence-electron chi connectivity index (χ3n) is 7.55. The number of rotatable bonds is 10. The molecule has 0 saturated carbocycles. The summed E-state index contributed by atoms with van der Waals surface area (Å²) in [4.78, 5) is 27.9.